The highest BCUT2D eigenvalue weighted by Gasteiger charge is 2.08. The first-order valence-electron chi connectivity index (χ1n) is 5.98. The number of aryl methyl sites for hydroxylation is 1. The van der Waals surface area contributed by atoms with E-state index in [1.807, 2.05) is 18.5 Å². The lowest BCUT2D eigenvalue weighted by molar-refractivity contribution is 0.523. The van der Waals surface area contributed by atoms with E-state index in [0.717, 1.165) is 11.6 Å². The van der Waals surface area contributed by atoms with E-state index in [1.54, 1.807) is 28.0 Å². The van der Waals surface area contributed by atoms with Crippen molar-refractivity contribution >= 4 is 11.3 Å². The Morgan fingerprint density at radius 1 is 1.50 bits per heavy atom. The van der Waals surface area contributed by atoms with E-state index in [1.165, 1.54) is 4.88 Å². The molecular weight excluding hydrogens is 246 g/mol. The van der Waals surface area contributed by atoms with Gasteiger partial charge in [-0.2, -0.15) is 0 Å². The number of nitrogens with one attached hydrogen (secondary N) is 1. The maximum atomic E-state index is 11.5. The van der Waals surface area contributed by atoms with Gasteiger partial charge in [0, 0.05) is 36.4 Å². The van der Waals surface area contributed by atoms with Crippen LogP contribution in [0.4, 0.5) is 0 Å². The minimum atomic E-state index is 0.0389. The highest BCUT2D eigenvalue weighted by Crippen LogP contribution is 2.18. The molecule has 5 heteroatoms. The molecule has 0 radical (unpaired) electrons. The van der Waals surface area contributed by atoms with E-state index in [9.17, 15) is 4.79 Å². The zero-order valence-electron chi connectivity index (χ0n) is 10.6. The Kier molecular flexibility index (Phi) is 4.28. The molecule has 2 heterocycles. The second-order valence-electron chi connectivity index (χ2n) is 4.22. The van der Waals surface area contributed by atoms with Crippen LogP contribution in [0.15, 0.2) is 35.4 Å². The fraction of sp³-hybridized carbons (Fsp3) is 0.385. The molecule has 4 nitrogen and oxygen atoms in total. The first kappa shape index (κ1) is 13.0. The molecule has 0 saturated carbocycles. The van der Waals surface area contributed by atoms with Gasteiger partial charge in [0.05, 0.1) is 6.04 Å². The van der Waals surface area contributed by atoms with Crippen LogP contribution in [0.3, 0.4) is 0 Å². The topological polar surface area (TPSA) is 46.9 Å². The molecule has 0 aliphatic carbocycles. The highest BCUT2D eigenvalue weighted by atomic mass is 32.1. The molecule has 2 aromatic rings. The van der Waals surface area contributed by atoms with Gasteiger partial charge in [0.25, 0.3) is 5.56 Å². The Labute approximate surface area is 110 Å². The average Bonchev–Trinajstić information content (AvgIpc) is 2.78. The number of hydrogen-bond acceptors (Lipinski definition) is 4. The largest absolute Gasteiger partial charge is 0.314 e. The van der Waals surface area contributed by atoms with Crippen molar-refractivity contribution < 1.29 is 0 Å². The summed E-state index contributed by atoms with van der Waals surface area (Å²) in [5.41, 5.74) is 0.0389. The van der Waals surface area contributed by atoms with Crippen molar-refractivity contribution in [3.8, 4) is 0 Å². The Balaban J connectivity index is 1.86. The Bertz CT molecular complexity index is 561. The molecule has 1 unspecified atom stereocenters. The molecule has 0 bridgehead atoms. The van der Waals surface area contributed by atoms with Crippen LogP contribution in [0.1, 0.15) is 22.9 Å². The Morgan fingerprint density at radius 2 is 2.33 bits per heavy atom. The van der Waals surface area contributed by atoms with Gasteiger partial charge in [-0.15, -0.1) is 11.3 Å². The lowest BCUT2D eigenvalue weighted by atomic mass is 10.3. The smallest absolute Gasteiger partial charge is 0.250 e. The molecule has 0 aliphatic heterocycles. The van der Waals surface area contributed by atoms with E-state index < -0.39 is 0 Å². The van der Waals surface area contributed by atoms with Crippen molar-refractivity contribution in [2.75, 3.05) is 6.54 Å². The molecule has 0 amide bonds. The summed E-state index contributed by atoms with van der Waals surface area (Å²) in [5, 5.41) is 4.47. The van der Waals surface area contributed by atoms with E-state index in [0.29, 0.717) is 6.54 Å². The van der Waals surface area contributed by atoms with Gasteiger partial charge < -0.3 is 9.88 Å². The number of nitrogens with zero attached hydrogens (tertiary/aromatic N) is 2. The quantitative estimate of drug-likeness (QED) is 0.897. The first-order valence-corrected chi connectivity index (χ1v) is 6.79. The summed E-state index contributed by atoms with van der Waals surface area (Å²) < 4.78 is 1.70. The molecule has 0 saturated heterocycles. The van der Waals surface area contributed by atoms with Crippen LogP contribution >= 0.6 is 11.3 Å². The number of aromatic nitrogens is 2. The molecule has 2 rings (SSSR count). The van der Waals surface area contributed by atoms with Gasteiger partial charge >= 0.3 is 0 Å². The monoisotopic (exact) mass is 263 g/mol. The molecule has 1 atom stereocenters. The molecule has 0 fully saturated rings. The van der Waals surface area contributed by atoms with Crippen LogP contribution in [0.25, 0.3) is 0 Å². The Morgan fingerprint density at radius 3 is 3.00 bits per heavy atom. The number of pyridine rings is 1. The number of thiazole rings is 1. The summed E-state index contributed by atoms with van der Waals surface area (Å²) in [6, 6.07) is 5.43. The summed E-state index contributed by atoms with van der Waals surface area (Å²) in [6.45, 7) is 5.57. The van der Waals surface area contributed by atoms with Crippen LogP contribution < -0.4 is 10.9 Å². The standard InChI is InChI=1S/C13H17N3OS/c1-10-9-15-13(18-10)11(2)14-6-8-16-7-4-3-5-12(16)17/h3-5,7,9,11,14H,6,8H2,1-2H3. The zero-order chi connectivity index (χ0) is 13.0. The third-order valence-corrected chi connectivity index (χ3v) is 3.81. The van der Waals surface area contributed by atoms with E-state index in [-0.39, 0.29) is 11.6 Å². The van der Waals surface area contributed by atoms with Crippen LogP contribution in [-0.4, -0.2) is 16.1 Å². The summed E-state index contributed by atoms with van der Waals surface area (Å²) in [7, 11) is 0. The molecule has 2 aromatic heterocycles. The minimum absolute atomic E-state index is 0.0389. The van der Waals surface area contributed by atoms with E-state index >= 15 is 0 Å². The molecule has 1 N–H and O–H groups in total. The number of hydrogen-bond donors (Lipinski definition) is 1. The van der Waals surface area contributed by atoms with E-state index in [2.05, 4.69) is 24.1 Å². The van der Waals surface area contributed by atoms with Gasteiger partial charge in [0.2, 0.25) is 0 Å². The molecular formula is C13H17N3OS. The normalized spacial score (nSPS) is 12.6. The first-order chi connectivity index (χ1) is 8.66. The maximum Gasteiger partial charge on any atom is 0.250 e. The SMILES string of the molecule is Cc1cnc(C(C)NCCn2ccccc2=O)s1. The van der Waals surface area contributed by atoms with Gasteiger partial charge in [-0.3, -0.25) is 4.79 Å². The third kappa shape index (κ3) is 3.27. The Hall–Kier alpha value is -1.46. The average molecular weight is 263 g/mol. The number of rotatable bonds is 5. The van der Waals surface area contributed by atoms with Crippen molar-refractivity contribution in [2.45, 2.75) is 26.4 Å². The second-order valence-corrected chi connectivity index (χ2v) is 5.48. The van der Waals surface area contributed by atoms with Crippen molar-refractivity contribution in [3.63, 3.8) is 0 Å². The second kappa shape index (κ2) is 5.93. The molecule has 0 aromatic carbocycles. The lowest BCUT2D eigenvalue weighted by Crippen LogP contribution is -2.27. The highest BCUT2D eigenvalue weighted by molar-refractivity contribution is 7.11. The fourth-order valence-electron chi connectivity index (χ4n) is 1.71. The van der Waals surface area contributed by atoms with E-state index in [4.69, 9.17) is 0 Å². The summed E-state index contributed by atoms with van der Waals surface area (Å²) in [6.07, 6.45) is 3.70. The van der Waals surface area contributed by atoms with Crippen LogP contribution in [0.2, 0.25) is 0 Å². The zero-order valence-corrected chi connectivity index (χ0v) is 11.4. The van der Waals surface area contributed by atoms with Crippen LogP contribution in [0.5, 0.6) is 0 Å². The summed E-state index contributed by atoms with van der Waals surface area (Å²) in [5.74, 6) is 0. The van der Waals surface area contributed by atoms with Crippen molar-refractivity contribution in [1.82, 2.24) is 14.9 Å². The van der Waals surface area contributed by atoms with Crippen molar-refractivity contribution in [1.29, 1.82) is 0 Å². The summed E-state index contributed by atoms with van der Waals surface area (Å²) >= 11 is 1.70. The molecule has 18 heavy (non-hydrogen) atoms. The molecule has 96 valence electrons. The predicted molar refractivity (Wildman–Crippen MR) is 74.0 cm³/mol. The fourth-order valence-corrected chi connectivity index (χ4v) is 2.51. The van der Waals surface area contributed by atoms with Gasteiger partial charge in [-0.25, -0.2) is 4.98 Å². The van der Waals surface area contributed by atoms with Crippen molar-refractivity contribution in [3.05, 3.63) is 50.8 Å². The van der Waals surface area contributed by atoms with Gasteiger partial charge in [0.15, 0.2) is 0 Å². The van der Waals surface area contributed by atoms with Crippen LogP contribution in [-0.2, 0) is 6.54 Å². The lowest BCUT2D eigenvalue weighted by Gasteiger charge is -2.11. The molecule has 0 aliphatic rings. The van der Waals surface area contributed by atoms with Crippen molar-refractivity contribution in [2.24, 2.45) is 0 Å². The van der Waals surface area contributed by atoms with Gasteiger partial charge in [-0.05, 0) is 19.9 Å². The van der Waals surface area contributed by atoms with Gasteiger partial charge in [0.1, 0.15) is 5.01 Å². The van der Waals surface area contributed by atoms with Crippen LogP contribution in [0, 0.1) is 6.92 Å². The van der Waals surface area contributed by atoms with Gasteiger partial charge in [-0.1, -0.05) is 6.07 Å². The maximum absolute atomic E-state index is 11.5. The third-order valence-electron chi connectivity index (χ3n) is 2.71. The molecule has 0 spiro atoms. The summed E-state index contributed by atoms with van der Waals surface area (Å²) in [4.78, 5) is 17.1. The predicted octanol–water partition coefficient (Wildman–Crippen LogP) is 1.96. The minimum Gasteiger partial charge on any atom is -0.314 e.